The summed E-state index contributed by atoms with van der Waals surface area (Å²) in [6, 6.07) is 9.53. The van der Waals surface area contributed by atoms with Gasteiger partial charge in [0, 0.05) is 4.88 Å². The van der Waals surface area contributed by atoms with Crippen LogP contribution in [0.2, 0.25) is 0 Å². The number of benzene rings is 1. The van der Waals surface area contributed by atoms with Gasteiger partial charge in [-0.2, -0.15) is 0 Å². The minimum atomic E-state index is -0.536. The number of thiophene rings is 1. The van der Waals surface area contributed by atoms with Crippen LogP contribution in [0.25, 0.3) is 0 Å². The van der Waals surface area contributed by atoms with E-state index in [-0.39, 0.29) is 0 Å². The van der Waals surface area contributed by atoms with E-state index in [1.807, 2.05) is 42.6 Å². The lowest BCUT2D eigenvalue weighted by atomic mass is 10.1. The molecule has 0 saturated heterocycles. The Kier molecular flexibility index (Phi) is 3.27. The number of ether oxygens (including phenoxy) is 1. The highest BCUT2D eigenvalue weighted by Gasteiger charge is 2.13. The summed E-state index contributed by atoms with van der Waals surface area (Å²) < 4.78 is 5.08. The van der Waals surface area contributed by atoms with Gasteiger partial charge < -0.3 is 9.84 Å². The molecule has 2 rings (SSSR count). The standard InChI is InChI=1S/C13H14O2S/c1-9-7-8-16-13(9)12(14)10-3-5-11(15-2)6-4-10/h3-8,12,14H,1-2H3. The second-order valence-corrected chi connectivity index (χ2v) is 4.59. The van der Waals surface area contributed by atoms with Gasteiger partial charge in [-0.3, -0.25) is 0 Å². The fourth-order valence-corrected chi connectivity index (χ4v) is 2.54. The zero-order valence-corrected chi connectivity index (χ0v) is 10.1. The zero-order chi connectivity index (χ0) is 11.5. The zero-order valence-electron chi connectivity index (χ0n) is 9.31. The number of hydrogen-bond acceptors (Lipinski definition) is 3. The topological polar surface area (TPSA) is 29.5 Å². The van der Waals surface area contributed by atoms with Gasteiger partial charge >= 0.3 is 0 Å². The molecule has 2 nitrogen and oxygen atoms in total. The summed E-state index contributed by atoms with van der Waals surface area (Å²) in [5, 5.41) is 12.2. The fourth-order valence-electron chi connectivity index (χ4n) is 1.60. The largest absolute Gasteiger partial charge is 0.497 e. The molecular formula is C13H14O2S. The van der Waals surface area contributed by atoms with Crippen molar-refractivity contribution in [3.05, 3.63) is 51.7 Å². The first kappa shape index (κ1) is 11.2. The molecule has 0 radical (unpaired) electrons. The molecule has 16 heavy (non-hydrogen) atoms. The van der Waals surface area contributed by atoms with Crippen molar-refractivity contribution in [2.24, 2.45) is 0 Å². The predicted octanol–water partition coefficient (Wildman–Crippen LogP) is 3.15. The third-order valence-electron chi connectivity index (χ3n) is 2.58. The Morgan fingerprint density at radius 1 is 1.19 bits per heavy atom. The molecule has 0 fully saturated rings. The van der Waals surface area contributed by atoms with Crippen LogP contribution >= 0.6 is 11.3 Å². The van der Waals surface area contributed by atoms with E-state index in [1.54, 1.807) is 18.4 Å². The Hall–Kier alpha value is -1.32. The number of aliphatic hydroxyl groups is 1. The van der Waals surface area contributed by atoms with Gasteiger partial charge in [0.2, 0.25) is 0 Å². The van der Waals surface area contributed by atoms with E-state index in [4.69, 9.17) is 4.74 Å². The maximum atomic E-state index is 10.2. The van der Waals surface area contributed by atoms with E-state index in [0.717, 1.165) is 21.8 Å². The average Bonchev–Trinajstić information content (AvgIpc) is 2.75. The molecule has 1 aromatic heterocycles. The molecule has 0 bridgehead atoms. The first-order valence-corrected chi connectivity index (χ1v) is 5.96. The van der Waals surface area contributed by atoms with Gasteiger partial charge in [-0.1, -0.05) is 12.1 Å². The van der Waals surface area contributed by atoms with Gasteiger partial charge in [0.1, 0.15) is 11.9 Å². The Morgan fingerprint density at radius 3 is 2.38 bits per heavy atom. The van der Waals surface area contributed by atoms with Crippen LogP contribution in [-0.4, -0.2) is 12.2 Å². The second kappa shape index (κ2) is 4.68. The molecule has 0 aliphatic carbocycles. The molecule has 0 amide bonds. The highest BCUT2D eigenvalue weighted by atomic mass is 32.1. The van der Waals surface area contributed by atoms with E-state index in [9.17, 15) is 5.11 Å². The Balaban J connectivity index is 2.27. The minimum absolute atomic E-state index is 0.536. The summed E-state index contributed by atoms with van der Waals surface area (Å²) in [5.41, 5.74) is 2.03. The molecule has 1 unspecified atom stereocenters. The summed E-state index contributed by atoms with van der Waals surface area (Å²) in [7, 11) is 1.63. The van der Waals surface area contributed by atoms with Crippen LogP contribution in [-0.2, 0) is 0 Å². The first-order valence-electron chi connectivity index (χ1n) is 5.08. The van der Waals surface area contributed by atoms with E-state index < -0.39 is 6.10 Å². The Labute approximate surface area is 99.1 Å². The van der Waals surface area contributed by atoms with Crippen LogP contribution in [0.4, 0.5) is 0 Å². The number of aryl methyl sites for hydroxylation is 1. The SMILES string of the molecule is COc1ccc(C(O)c2sccc2C)cc1. The van der Waals surface area contributed by atoms with E-state index in [0.29, 0.717) is 0 Å². The normalized spacial score (nSPS) is 12.4. The molecule has 0 saturated carbocycles. The van der Waals surface area contributed by atoms with Crippen LogP contribution in [0.1, 0.15) is 22.1 Å². The number of hydrogen-bond donors (Lipinski definition) is 1. The minimum Gasteiger partial charge on any atom is -0.497 e. The third kappa shape index (κ3) is 2.10. The fraction of sp³-hybridized carbons (Fsp3) is 0.231. The van der Waals surface area contributed by atoms with Gasteiger partial charge in [-0.25, -0.2) is 0 Å². The highest BCUT2D eigenvalue weighted by molar-refractivity contribution is 7.10. The van der Waals surface area contributed by atoms with Crippen molar-refractivity contribution >= 4 is 11.3 Å². The summed E-state index contributed by atoms with van der Waals surface area (Å²) >= 11 is 1.58. The Bertz CT molecular complexity index is 459. The number of aliphatic hydroxyl groups excluding tert-OH is 1. The van der Waals surface area contributed by atoms with Gasteiger partial charge in [-0.05, 0) is 41.6 Å². The van der Waals surface area contributed by atoms with Gasteiger partial charge in [0.25, 0.3) is 0 Å². The summed E-state index contributed by atoms with van der Waals surface area (Å²) in [5.74, 6) is 0.804. The third-order valence-corrected chi connectivity index (χ3v) is 3.65. The molecule has 84 valence electrons. The lowest BCUT2D eigenvalue weighted by molar-refractivity contribution is 0.223. The van der Waals surface area contributed by atoms with E-state index in [2.05, 4.69) is 0 Å². The molecule has 1 heterocycles. The van der Waals surface area contributed by atoms with Crippen LogP contribution in [0.3, 0.4) is 0 Å². The number of methoxy groups -OCH3 is 1. The van der Waals surface area contributed by atoms with Gasteiger partial charge in [0.15, 0.2) is 0 Å². The van der Waals surface area contributed by atoms with Crippen LogP contribution in [0.15, 0.2) is 35.7 Å². The molecule has 1 aromatic carbocycles. The first-order chi connectivity index (χ1) is 7.72. The monoisotopic (exact) mass is 234 g/mol. The molecule has 0 aliphatic heterocycles. The van der Waals surface area contributed by atoms with Crippen molar-refractivity contribution in [1.29, 1.82) is 0 Å². The lowest BCUT2D eigenvalue weighted by Crippen LogP contribution is -1.98. The van der Waals surface area contributed by atoms with Crippen LogP contribution in [0.5, 0.6) is 5.75 Å². The van der Waals surface area contributed by atoms with Gasteiger partial charge in [0.05, 0.1) is 7.11 Å². The maximum absolute atomic E-state index is 10.2. The smallest absolute Gasteiger partial charge is 0.118 e. The summed E-state index contributed by atoms with van der Waals surface area (Å²) in [6.45, 7) is 2.01. The van der Waals surface area contributed by atoms with Crippen molar-refractivity contribution in [1.82, 2.24) is 0 Å². The molecule has 1 N–H and O–H groups in total. The van der Waals surface area contributed by atoms with Gasteiger partial charge in [-0.15, -0.1) is 11.3 Å². The maximum Gasteiger partial charge on any atom is 0.118 e. The highest BCUT2D eigenvalue weighted by Crippen LogP contribution is 2.29. The van der Waals surface area contributed by atoms with Crippen molar-refractivity contribution in [2.45, 2.75) is 13.0 Å². The van der Waals surface area contributed by atoms with Crippen LogP contribution < -0.4 is 4.74 Å². The molecule has 3 heteroatoms. The van der Waals surface area contributed by atoms with Crippen molar-refractivity contribution in [3.63, 3.8) is 0 Å². The van der Waals surface area contributed by atoms with Crippen LogP contribution in [0, 0.1) is 6.92 Å². The average molecular weight is 234 g/mol. The Morgan fingerprint density at radius 2 is 1.88 bits per heavy atom. The van der Waals surface area contributed by atoms with Crippen molar-refractivity contribution in [3.8, 4) is 5.75 Å². The van der Waals surface area contributed by atoms with E-state index in [1.165, 1.54) is 0 Å². The quantitative estimate of drug-likeness (QED) is 0.884. The summed E-state index contributed by atoms with van der Waals surface area (Å²) in [4.78, 5) is 1.00. The lowest BCUT2D eigenvalue weighted by Gasteiger charge is -2.11. The molecule has 0 spiro atoms. The second-order valence-electron chi connectivity index (χ2n) is 3.64. The van der Waals surface area contributed by atoms with Crippen molar-refractivity contribution in [2.75, 3.05) is 7.11 Å². The number of rotatable bonds is 3. The molecule has 1 atom stereocenters. The van der Waals surface area contributed by atoms with Crippen molar-refractivity contribution < 1.29 is 9.84 Å². The molecule has 2 aromatic rings. The molecule has 0 aliphatic rings. The molecular weight excluding hydrogens is 220 g/mol. The van der Waals surface area contributed by atoms with E-state index >= 15 is 0 Å². The predicted molar refractivity (Wildman–Crippen MR) is 66.1 cm³/mol. The summed E-state index contributed by atoms with van der Waals surface area (Å²) in [6.07, 6.45) is -0.536.